The number of benzene rings is 2. The summed E-state index contributed by atoms with van der Waals surface area (Å²) in [6.45, 7) is 0.405. The van der Waals surface area contributed by atoms with E-state index >= 15 is 0 Å². The topological polar surface area (TPSA) is 79.6 Å². The molecule has 4 aromatic rings. The number of amides is 1. The van der Waals surface area contributed by atoms with Crippen molar-refractivity contribution >= 4 is 28.9 Å². The third-order valence-corrected chi connectivity index (χ3v) is 6.49. The van der Waals surface area contributed by atoms with Gasteiger partial charge in [-0.25, -0.2) is 0 Å². The van der Waals surface area contributed by atoms with E-state index in [0.717, 1.165) is 22.8 Å². The van der Waals surface area contributed by atoms with Crippen molar-refractivity contribution in [3.05, 3.63) is 103 Å². The molecule has 0 radical (unpaired) electrons. The lowest BCUT2D eigenvalue weighted by Crippen LogP contribution is -2.32. The molecule has 2 aromatic heterocycles. The summed E-state index contributed by atoms with van der Waals surface area (Å²) in [6.07, 6.45) is 2.00. The molecule has 0 spiro atoms. The molecule has 0 bridgehead atoms. The second-order valence-corrected chi connectivity index (χ2v) is 8.77. The van der Waals surface area contributed by atoms with Gasteiger partial charge < -0.3 is 24.7 Å². The van der Waals surface area contributed by atoms with Crippen LogP contribution in [-0.4, -0.2) is 34.6 Å². The molecular weight excluding hydrogens is 472 g/mol. The molecule has 0 saturated carbocycles. The molecule has 8 heteroatoms. The van der Waals surface area contributed by atoms with Gasteiger partial charge in [0.05, 0.1) is 24.5 Å². The quantitative estimate of drug-likeness (QED) is 0.317. The molecule has 1 amide bonds. The molecule has 1 saturated heterocycles. The first kappa shape index (κ1) is 23.6. The summed E-state index contributed by atoms with van der Waals surface area (Å²) in [5, 5.41) is 6.88. The van der Waals surface area contributed by atoms with Crippen LogP contribution in [0.1, 0.15) is 30.0 Å². The molecule has 182 valence electrons. The van der Waals surface area contributed by atoms with Crippen molar-refractivity contribution in [1.82, 2.24) is 15.2 Å². The Bertz CT molecular complexity index is 1340. The molecule has 2 unspecified atom stereocenters. The minimum absolute atomic E-state index is 0.133. The fraction of sp³-hybridized carbons (Fsp3) is 0.179. The minimum Gasteiger partial charge on any atom is -0.495 e. The van der Waals surface area contributed by atoms with Gasteiger partial charge in [-0.3, -0.25) is 9.78 Å². The summed E-state index contributed by atoms with van der Waals surface area (Å²) in [5.74, 6) is 2.01. The molecule has 1 fully saturated rings. The number of nitrogens with zero attached hydrogens (tertiary/aromatic N) is 2. The molecule has 5 rings (SSSR count). The van der Waals surface area contributed by atoms with Gasteiger partial charge in [0, 0.05) is 24.7 Å². The number of furan rings is 1. The SMILES string of the molecule is COc1ccccc1NC(=O)CCN1C(=S)NC(c2ccccn2)C1c1ccc(-c2ccccc2)o1. The first-order valence-corrected chi connectivity index (χ1v) is 12.1. The lowest BCUT2D eigenvalue weighted by molar-refractivity contribution is -0.116. The molecule has 2 atom stereocenters. The predicted octanol–water partition coefficient (Wildman–Crippen LogP) is 5.35. The van der Waals surface area contributed by atoms with Crippen molar-refractivity contribution in [3.63, 3.8) is 0 Å². The van der Waals surface area contributed by atoms with Gasteiger partial charge in [-0.15, -0.1) is 0 Å². The van der Waals surface area contributed by atoms with Gasteiger partial charge in [0.1, 0.15) is 23.3 Å². The summed E-state index contributed by atoms with van der Waals surface area (Å²) in [5.41, 5.74) is 2.48. The number of pyridine rings is 1. The third-order valence-electron chi connectivity index (χ3n) is 6.14. The van der Waals surface area contributed by atoms with Crippen LogP contribution in [0.15, 0.2) is 95.5 Å². The molecule has 3 heterocycles. The highest BCUT2D eigenvalue weighted by molar-refractivity contribution is 7.80. The number of aromatic nitrogens is 1. The number of nitrogens with one attached hydrogen (secondary N) is 2. The number of hydrogen-bond donors (Lipinski definition) is 2. The molecule has 2 N–H and O–H groups in total. The van der Waals surface area contributed by atoms with Gasteiger partial charge in [0.15, 0.2) is 5.11 Å². The number of methoxy groups -OCH3 is 1. The molecule has 2 aromatic carbocycles. The zero-order valence-corrected chi connectivity index (χ0v) is 20.6. The first-order chi connectivity index (χ1) is 17.6. The number of carbonyl (C=O) groups is 1. The molecular formula is C28H26N4O3S. The maximum atomic E-state index is 12.8. The predicted molar refractivity (Wildman–Crippen MR) is 143 cm³/mol. The van der Waals surface area contributed by atoms with Crippen LogP contribution in [0.3, 0.4) is 0 Å². The van der Waals surface area contributed by atoms with E-state index in [0.29, 0.717) is 23.1 Å². The Balaban J connectivity index is 1.39. The van der Waals surface area contributed by atoms with Crippen molar-refractivity contribution in [2.45, 2.75) is 18.5 Å². The zero-order chi connectivity index (χ0) is 24.9. The van der Waals surface area contributed by atoms with Crippen molar-refractivity contribution < 1.29 is 13.9 Å². The third kappa shape index (κ3) is 4.94. The highest BCUT2D eigenvalue weighted by Crippen LogP contribution is 2.40. The Kier molecular flexibility index (Phi) is 6.95. The number of anilines is 1. The van der Waals surface area contributed by atoms with Crippen LogP contribution in [0.5, 0.6) is 5.75 Å². The normalized spacial score (nSPS) is 17.0. The Hall–Kier alpha value is -4.17. The largest absolute Gasteiger partial charge is 0.495 e. The zero-order valence-electron chi connectivity index (χ0n) is 19.8. The first-order valence-electron chi connectivity index (χ1n) is 11.7. The summed E-state index contributed by atoms with van der Waals surface area (Å²) in [4.78, 5) is 19.4. The monoisotopic (exact) mass is 498 g/mol. The summed E-state index contributed by atoms with van der Waals surface area (Å²) in [7, 11) is 1.58. The standard InChI is InChI=1S/C28H26N4O3S/c1-34-23-13-6-5-11-20(23)30-25(33)16-18-32-27(26(31-28(32)36)21-12-7-8-17-29-21)24-15-14-22(35-24)19-9-3-2-4-10-19/h2-15,17,26-27H,16,18H2,1H3,(H,30,33)(H,31,36). The number of hydrogen-bond acceptors (Lipinski definition) is 5. The highest BCUT2D eigenvalue weighted by Gasteiger charge is 2.41. The number of para-hydroxylation sites is 2. The molecule has 1 aliphatic rings. The smallest absolute Gasteiger partial charge is 0.226 e. The van der Waals surface area contributed by atoms with E-state index in [1.54, 1.807) is 13.3 Å². The fourth-order valence-electron chi connectivity index (χ4n) is 4.41. The van der Waals surface area contributed by atoms with Gasteiger partial charge in [0.2, 0.25) is 5.91 Å². The number of ether oxygens (including phenoxy) is 1. The fourth-order valence-corrected chi connectivity index (χ4v) is 4.74. The van der Waals surface area contributed by atoms with Crippen molar-refractivity contribution in [2.24, 2.45) is 0 Å². The number of carbonyl (C=O) groups excluding carboxylic acids is 1. The van der Waals surface area contributed by atoms with Crippen LogP contribution < -0.4 is 15.4 Å². The van der Waals surface area contributed by atoms with E-state index in [1.165, 1.54) is 0 Å². The van der Waals surface area contributed by atoms with Gasteiger partial charge >= 0.3 is 0 Å². The van der Waals surface area contributed by atoms with Gasteiger partial charge in [0.25, 0.3) is 0 Å². The molecule has 0 aliphatic carbocycles. The van der Waals surface area contributed by atoms with E-state index < -0.39 is 0 Å². The van der Waals surface area contributed by atoms with E-state index in [1.807, 2.05) is 89.8 Å². The van der Waals surface area contributed by atoms with Crippen molar-refractivity contribution in [2.75, 3.05) is 19.0 Å². The lowest BCUT2D eigenvalue weighted by Gasteiger charge is -2.26. The van der Waals surface area contributed by atoms with Crippen molar-refractivity contribution in [3.8, 4) is 17.1 Å². The van der Waals surface area contributed by atoms with Crippen LogP contribution >= 0.6 is 12.2 Å². The van der Waals surface area contributed by atoms with E-state index in [4.69, 9.17) is 21.4 Å². The summed E-state index contributed by atoms with van der Waals surface area (Å²) >= 11 is 5.71. The maximum Gasteiger partial charge on any atom is 0.226 e. The lowest BCUT2D eigenvalue weighted by atomic mass is 10.0. The van der Waals surface area contributed by atoms with Crippen molar-refractivity contribution in [1.29, 1.82) is 0 Å². The Morgan fingerprint density at radius 3 is 2.61 bits per heavy atom. The van der Waals surface area contributed by atoms with Crippen LogP contribution in [0, 0.1) is 0 Å². The van der Waals surface area contributed by atoms with E-state index in [2.05, 4.69) is 15.6 Å². The Labute approximate surface area is 215 Å². The van der Waals surface area contributed by atoms with E-state index in [9.17, 15) is 4.79 Å². The maximum absolute atomic E-state index is 12.8. The average Bonchev–Trinajstić information content (AvgIpc) is 3.53. The van der Waals surface area contributed by atoms with Crippen LogP contribution in [-0.2, 0) is 4.79 Å². The second kappa shape index (κ2) is 10.6. The molecule has 36 heavy (non-hydrogen) atoms. The molecule has 1 aliphatic heterocycles. The minimum atomic E-state index is -0.260. The summed E-state index contributed by atoms with van der Waals surface area (Å²) < 4.78 is 11.7. The van der Waals surface area contributed by atoms with Crippen LogP contribution in [0.4, 0.5) is 5.69 Å². The summed E-state index contributed by atoms with van der Waals surface area (Å²) in [6, 6.07) is 26.5. The average molecular weight is 499 g/mol. The second-order valence-electron chi connectivity index (χ2n) is 8.39. The Morgan fingerprint density at radius 1 is 1.06 bits per heavy atom. The van der Waals surface area contributed by atoms with Gasteiger partial charge in [-0.1, -0.05) is 48.5 Å². The highest BCUT2D eigenvalue weighted by atomic mass is 32.1. The van der Waals surface area contributed by atoms with Crippen LogP contribution in [0.2, 0.25) is 0 Å². The van der Waals surface area contributed by atoms with Gasteiger partial charge in [-0.05, 0) is 48.6 Å². The molecule has 7 nitrogen and oxygen atoms in total. The number of thiocarbonyl (C=S) groups is 1. The van der Waals surface area contributed by atoms with Crippen LogP contribution in [0.25, 0.3) is 11.3 Å². The Morgan fingerprint density at radius 2 is 1.83 bits per heavy atom. The van der Waals surface area contributed by atoms with Gasteiger partial charge in [-0.2, -0.15) is 0 Å². The number of rotatable bonds is 8. The van der Waals surface area contributed by atoms with E-state index in [-0.39, 0.29) is 24.4 Å².